The molecule has 7 heterocycles. The van der Waals surface area contributed by atoms with Crippen LogP contribution in [0.2, 0.25) is 0 Å². The molecule has 3 N–H and O–H groups in total. The molecular formula is C101H146N6O2. The van der Waals surface area contributed by atoms with Crippen molar-refractivity contribution in [1.82, 2.24) is 30.3 Å². The van der Waals surface area contributed by atoms with Crippen molar-refractivity contribution in [3.8, 4) is 5.75 Å². The molecule has 9 aromatic rings. The van der Waals surface area contributed by atoms with Crippen molar-refractivity contribution in [3.63, 3.8) is 0 Å². The Labute approximate surface area is 663 Å². The van der Waals surface area contributed by atoms with Crippen LogP contribution in [0.15, 0.2) is 182 Å². The van der Waals surface area contributed by atoms with Crippen LogP contribution in [0.3, 0.4) is 0 Å². The van der Waals surface area contributed by atoms with Crippen molar-refractivity contribution in [2.45, 2.75) is 303 Å². The molecule has 2 bridgehead atoms. The quantitative estimate of drug-likeness (QED) is 0.160. The van der Waals surface area contributed by atoms with Crippen molar-refractivity contribution >= 4 is 27.8 Å². The molecule has 0 spiro atoms. The van der Waals surface area contributed by atoms with Crippen LogP contribution in [0.5, 0.6) is 5.75 Å². The number of H-pyrrole nitrogens is 2. The number of fused-ring (bicyclic) bond motifs is 9. The fraction of sp³-hybridized carbons (Fsp3) is 0.535. The number of piperidine rings is 2. The fourth-order valence-electron chi connectivity index (χ4n) is 15.8. The van der Waals surface area contributed by atoms with Crippen LogP contribution in [0, 0.1) is 28.1 Å². The predicted octanol–water partition coefficient (Wildman–Crippen LogP) is 26.2. The summed E-state index contributed by atoms with van der Waals surface area (Å²) in [5.41, 5.74) is 19.0. The van der Waals surface area contributed by atoms with Crippen molar-refractivity contribution in [2.75, 3.05) is 19.6 Å². The average molecular weight is 1480 g/mol. The fourth-order valence-corrected chi connectivity index (χ4v) is 15.8. The molecule has 0 amide bonds. The van der Waals surface area contributed by atoms with Crippen LogP contribution >= 0.6 is 0 Å². The Morgan fingerprint density at radius 2 is 1.14 bits per heavy atom. The molecule has 7 aromatic carbocycles. The predicted molar refractivity (Wildman–Crippen MR) is 470 cm³/mol. The van der Waals surface area contributed by atoms with Gasteiger partial charge < -0.3 is 19.8 Å². The summed E-state index contributed by atoms with van der Waals surface area (Å²) in [7, 11) is 0. The highest BCUT2D eigenvalue weighted by molar-refractivity contribution is 5.86. The van der Waals surface area contributed by atoms with Gasteiger partial charge in [-0.2, -0.15) is 5.10 Å². The lowest BCUT2D eigenvalue weighted by atomic mass is 9.78. The van der Waals surface area contributed by atoms with Crippen molar-refractivity contribution < 1.29 is 9.47 Å². The lowest BCUT2D eigenvalue weighted by Gasteiger charge is -2.51. The van der Waals surface area contributed by atoms with Crippen LogP contribution in [-0.4, -0.2) is 74.1 Å². The first-order valence-electron chi connectivity index (χ1n) is 41.7. The summed E-state index contributed by atoms with van der Waals surface area (Å²) in [5, 5.41) is 14.4. The maximum Gasteiger partial charge on any atom is 0.205 e. The van der Waals surface area contributed by atoms with Gasteiger partial charge in [0.25, 0.3) is 0 Å². The molecule has 8 nitrogen and oxygen atoms in total. The second-order valence-corrected chi connectivity index (χ2v) is 39.8. The summed E-state index contributed by atoms with van der Waals surface area (Å²) in [6.45, 7) is 62.0. The number of nitrogens with one attached hydrogen (secondary N) is 3. The van der Waals surface area contributed by atoms with Gasteiger partial charge in [0.15, 0.2) is 0 Å². The highest BCUT2D eigenvalue weighted by Gasteiger charge is 2.39. The first kappa shape index (κ1) is 87.5. The maximum atomic E-state index is 5.77. The van der Waals surface area contributed by atoms with Gasteiger partial charge in [0, 0.05) is 88.2 Å². The Hall–Kier alpha value is -7.07. The molecule has 1 saturated carbocycles. The normalized spacial score (nSPS) is 18.9. The summed E-state index contributed by atoms with van der Waals surface area (Å²) < 4.78 is 11.4. The van der Waals surface area contributed by atoms with E-state index in [0.29, 0.717) is 40.4 Å². The van der Waals surface area contributed by atoms with Gasteiger partial charge in [-0.25, -0.2) is 0 Å². The first-order chi connectivity index (χ1) is 51.1. The number of hydrogen-bond donors (Lipinski definition) is 3. The van der Waals surface area contributed by atoms with E-state index in [2.05, 4.69) is 349 Å². The SMILES string of the molecule is CC(C)(C)C1CCCN1.CC(C)(C)C1Cc2ccccc2C1.CC(C)(C)C1OCc2ccccc2O1.CC(C)(C)N1CC2CCC1CC2.CC(C)(C)N1CCc2ccccc2C1.CC(C)(C)c1cccc2ccccc12.CC(C)(C)c1ccn[nH]1.CC(C)c1ccc2c(c1)C=CC2.CC(C)c1cccc2[nH]ccc12. The van der Waals surface area contributed by atoms with E-state index in [1.807, 2.05) is 36.5 Å². The topological polar surface area (TPSA) is 81.4 Å². The molecule has 0 radical (unpaired) electrons. The number of aromatic nitrogens is 3. The Balaban J connectivity index is 0.000000155. The largest absolute Gasteiger partial charge is 0.464 e. The van der Waals surface area contributed by atoms with Crippen molar-refractivity contribution in [1.29, 1.82) is 0 Å². The molecule has 2 unspecified atom stereocenters. The minimum absolute atomic E-state index is 0.0214. The summed E-state index contributed by atoms with van der Waals surface area (Å²) in [6, 6.07) is 59.9. The molecule has 2 atom stereocenters. The van der Waals surface area contributed by atoms with E-state index in [0.717, 1.165) is 48.2 Å². The van der Waals surface area contributed by atoms with E-state index in [1.54, 1.807) is 17.3 Å². The number of para-hydroxylation sites is 1. The third-order valence-corrected chi connectivity index (χ3v) is 23.0. The van der Waals surface area contributed by atoms with Crippen molar-refractivity contribution in [3.05, 3.63) is 244 Å². The highest BCUT2D eigenvalue weighted by atomic mass is 16.7. The molecule has 3 saturated heterocycles. The number of rotatable bonds is 2. The monoisotopic (exact) mass is 1480 g/mol. The Morgan fingerprint density at radius 3 is 1.66 bits per heavy atom. The summed E-state index contributed by atoms with van der Waals surface area (Å²) in [4.78, 5) is 8.49. The zero-order valence-electron chi connectivity index (χ0n) is 72.7. The average Bonchev–Trinajstić information content (AvgIpc) is 1.80. The van der Waals surface area contributed by atoms with Crippen LogP contribution in [-0.2, 0) is 54.4 Å². The summed E-state index contributed by atoms with van der Waals surface area (Å²) >= 11 is 0. The molecule has 3 aliphatic carbocycles. The maximum absolute atomic E-state index is 5.77. The standard InChI is InChI=1S/C14H16.C13H19N.C13H18.C12H16O2.C12H14.C11H21N.C11H13N.C8H17N.C7H12N2/c1-14(2,3)13-10-6-8-11-7-4-5-9-12(11)13;1-13(2,3)14-9-8-11-6-4-5-7-12(11)10-14;1-13(2,3)12-8-10-6-4-5-7-11(10)9-12;1-12(2,3)11-13-8-9-6-4-5-7-10(9)14-11;1-9(2)11-7-6-10-4-3-5-12(10)8-11;1-11(2,3)12-8-9-4-6-10(12)7-5-9;1-8(2)9-4-3-5-11-10(9)6-7-12-11;1-8(2,3)7-5-4-6-9-7;1-7(2,3)6-4-5-8-9-6/h4-10H,1-3H3;4-7H,8-10H2,1-3H3;4-7,12H,8-9H2,1-3H3;4-7,11H,8H2,1-3H3;3,5-9H,4H2,1-2H3;9-10H,4-8H2,1-3H3;3-8,12H,1-2H3;7,9H,4-6H2,1-3H3;4-5H,1-3H3,(H,8,9). The van der Waals surface area contributed by atoms with Gasteiger partial charge in [-0.05, 0) is 237 Å². The first-order valence-corrected chi connectivity index (χ1v) is 41.7. The molecule has 592 valence electrons. The molecule has 4 fully saturated rings. The second-order valence-electron chi connectivity index (χ2n) is 39.8. The van der Waals surface area contributed by atoms with Gasteiger partial charge in [-0.3, -0.25) is 14.9 Å². The third kappa shape index (κ3) is 26.3. The van der Waals surface area contributed by atoms with Gasteiger partial charge in [-0.15, -0.1) is 0 Å². The van der Waals surface area contributed by atoms with Gasteiger partial charge in [0.05, 0.1) is 6.61 Å². The van der Waals surface area contributed by atoms with Gasteiger partial charge in [0.1, 0.15) is 5.75 Å². The Bertz CT molecular complexity index is 4120. The number of aromatic amines is 2. The van der Waals surface area contributed by atoms with E-state index in [9.17, 15) is 0 Å². The van der Waals surface area contributed by atoms with E-state index in [-0.39, 0.29) is 22.5 Å². The lowest BCUT2D eigenvalue weighted by molar-refractivity contribution is -0.163. The number of benzene rings is 7. The van der Waals surface area contributed by atoms with Crippen LogP contribution < -0.4 is 10.1 Å². The smallest absolute Gasteiger partial charge is 0.205 e. The van der Waals surface area contributed by atoms with E-state index in [4.69, 9.17) is 9.47 Å². The third-order valence-electron chi connectivity index (χ3n) is 23.0. The molecule has 5 aliphatic heterocycles. The van der Waals surface area contributed by atoms with Crippen LogP contribution in [0.1, 0.15) is 285 Å². The van der Waals surface area contributed by atoms with Crippen molar-refractivity contribution in [2.24, 2.45) is 28.1 Å². The molecular weight excluding hydrogens is 1330 g/mol. The summed E-state index contributed by atoms with van der Waals surface area (Å²) in [5.74, 6) is 4.06. The summed E-state index contributed by atoms with van der Waals surface area (Å²) in [6.07, 6.45) is 21.6. The number of hydrogen-bond acceptors (Lipinski definition) is 6. The second kappa shape index (κ2) is 38.4. The van der Waals surface area contributed by atoms with Crippen LogP contribution in [0.25, 0.3) is 27.8 Å². The number of allylic oxidation sites excluding steroid dienone is 1. The molecule has 2 aromatic heterocycles. The number of ether oxygens (including phenoxy) is 2. The molecule has 17 rings (SSSR count). The van der Waals surface area contributed by atoms with Gasteiger partial charge in [0.2, 0.25) is 6.29 Å². The minimum atomic E-state index is -0.141. The van der Waals surface area contributed by atoms with Crippen LogP contribution in [0.4, 0.5) is 0 Å². The minimum Gasteiger partial charge on any atom is -0.464 e. The molecule has 8 aliphatic rings. The van der Waals surface area contributed by atoms with Gasteiger partial charge in [-0.1, -0.05) is 283 Å². The van der Waals surface area contributed by atoms with E-state index >= 15 is 0 Å². The zero-order valence-corrected chi connectivity index (χ0v) is 72.7. The van der Waals surface area contributed by atoms with E-state index < -0.39 is 0 Å². The van der Waals surface area contributed by atoms with Gasteiger partial charge >= 0.3 is 0 Å². The lowest BCUT2D eigenvalue weighted by Crippen LogP contribution is -2.56. The molecule has 109 heavy (non-hydrogen) atoms. The van der Waals surface area contributed by atoms with E-state index in [1.165, 1.54) is 144 Å². The highest BCUT2D eigenvalue weighted by Crippen LogP contribution is 2.41. The zero-order chi connectivity index (χ0) is 79.7. The number of nitrogens with zero attached hydrogens (tertiary/aromatic N) is 3. The Morgan fingerprint density at radius 1 is 0.523 bits per heavy atom. The Kier molecular flexibility index (Phi) is 30.9. The molecule has 8 heteroatoms.